The van der Waals surface area contributed by atoms with Crippen molar-refractivity contribution in [2.45, 2.75) is 4.90 Å². The van der Waals surface area contributed by atoms with Crippen molar-refractivity contribution in [2.24, 2.45) is 7.05 Å². The number of aryl methyl sites for hydroxylation is 1. The molecule has 3 aromatic rings. The molecule has 1 aliphatic heterocycles. The zero-order valence-electron chi connectivity index (χ0n) is 15.7. The molecule has 2 heterocycles. The fraction of sp³-hybridized carbons (Fsp3) is 0.190. The summed E-state index contributed by atoms with van der Waals surface area (Å²) in [6.07, 6.45) is 4.35. The molecular formula is C21H21IN2O2S. The van der Waals surface area contributed by atoms with E-state index in [1.807, 2.05) is 12.1 Å². The summed E-state index contributed by atoms with van der Waals surface area (Å²) in [4.78, 5) is 3.37. The van der Waals surface area contributed by atoms with Gasteiger partial charge in [-0.15, -0.1) is 0 Å². The number of ether oxygens (including phenoxy) is 2. The minimum absolute atomic E-state index is 0. The second kappa shape index (κ2) is 7.98. The van der Waals surface area contributed by atoms with Crippen LogP contribution in [-0.2, 0) is 7.05 Å². The molecule has 0 amide bonds. The van der Waals surface area contributed by atoms with Crippen LogP contribution in [0.4, 0.5) is 5.69 Å². The van der Waals surface area contributed by atoms with Gasteiger partial charge in [0, 0.05) is 36.2 Å². The van der Waals surface area contributed by atoms with Crippen LogP contribution in [0.25, 0.3) is 17.0 Å². The van der Waals surface area contributed by atoms with Gasteiger partial charge < -0.3 is 38.4 Å². The Kier molecular flexibility index (Phi) is 5.86. The summed E-state index contributed by atoms with van der Waals surface area (Å²) in [6, 6.07) is 14.7. The second-order valence-electron chi connectivity index (χ2n) is 6.22. The first-order valence-corrected chi connectivity index (χ1v) is 9.20. The number of hydrogen-bond acceptors (Lipinski definition) is 4. The minimum atomic E-state index is 0. The average molecular weight is 492 g/mol. The molecule has 0 aliphatic carbocycles. The van der Waals surface area contributed by atoms with Crippen molar-refractivity contribution in [1.82, 2.24) is 0 Å². The van der Waals surface area contributed by atoms with Crippen LogP contribution in [0.1, 0.15) is 5.56 Å². The number of benzene rings is 2. The Morgan fingerprint density at radius 3 is 2.48 bits per heavy atom. The molecule has 0 bridgehead atoms. The summed E-state index contributed by atoms with van der Waals surface area (Å²) in [5.41, 5.74) is 3.55. The van der Waals surface area contributed by atoms with Crippen molar-refractivity contribution in [1.29, 1.82) is 0 Å². The van der Waals surface area contributed by atoms with E-state index in [-0.39, 0.29) is 24.0 Å². The topological polar surface area (TPSA) is 25.6 Å². The largest absolute Gasteiger partial charge is 1.00 e. The lowest BCUT2D eigenvalue weighted by atomic mass is 10.1. The molecule has 4 rings (SSSR count). The summed E-state index contributed by atoms with van der Waals surface area (Å²) in [7, 11) is 7.49. The van der Waals surface area contributed by atoms with Crippen LogP contribution >= 0.6 is 11.8 Å². The molecular weight excluding hydrogens is 471 g/mol. The van der Waals surface area contributed by atoms with Gasteiger partial charge in [-0.25, -0.2) is 4.57 Å². The fourth-order valence-electron chi connectivity index (χ4n) is 3.27. The van der Waals surface area contributed by atoms with E-state index < -0.39 is 0 Å². The summed E-state index contributed by atoms with van der Waals surface area (Å²) < 4.78 is 13.0. The number of aromatic nitrogens is 1. The van der Waals surface area contributed by atoms with Crippen LogP contribution in [0.2, 0.25) is 0 Å². The van der Waals surface area contributed by atoms with Crippen molar-refractivity contribution in [3.05, 3.63) is 59.3 Å². The molecule has 0 unspecified atom stereocenters. The summed E-state index contributed by atoms with van der Waals surface area (Å²) in [6.45, 7) is 0. The predicted molar refractivity (Wildman–Crippen MR) is 107 cm³/mol. The molecule has 1 aromatic heterocycles. The molecule has 140 valence electrons. The SMILES string of the molecule is COc1cc2c(cc1OC)N(C)/C(=C/c1cc[n+](C)c3ccccc13)S2.[I-]. The molecule has 0 atom stereocenters. The molecule has 0 fully saturated rings. The van der Waals surface area contributed by atoms with E-state index in [0.717, 1.165) is 17.2 Å². The molecule has 0 radical (unpaired) electrons. The highest BCUT2D eigenvalue weighted by molar-refractivity contribution is 8.03. The quantitative estimate of drug-likeness (QED) is 0.406. The lowest BCUT2D eigenvalue weighted by Gasteiger charge is -2.15. The number of fused-ring (bicyclic) bond motifs is 2. The highest BCUT2D eigenvalue weighted by Crippen LogP contribution is 2.50. The number of nitrogens with zero attached hydrogens (tertiary/aromatic N) is 2. The van der Waals surface area contributed by atoms with E-state index in [9.17, 15) is 0 Å². The Balaban J connectivity index is 0.00000210. The first-order chi connectivity index (χ1) is 12.6. The van der Waals surface area contributed by atoms with Crippen LogP contribution in [0.3, 0.4) is 0 Å². The smallest absolute Gasteiger partial charge is 0.212 e. The van der Waals surface area contributed by atoms with Crippen molar-refractivity contribution in [2.75, 3.05) is 26.2 Å². The van der Waals surface area contributed by atoms with Crippen molar-refractivity contribution in [3.63, 3.8) is 0 Å². The highest BCUT2D eigenvalue weighted by atomic mass is 127. The molecule has 27 heavy (non-hydrogen) atoms. The Morgan fingerprint density at radius 2 is 1.74 bits per heavy atom. The summed E-state index contributed by atoms with van der Waals surface area (Å²) in [5, 5.41) is 2.42. The molecule has 0 saturated carbocycles. The van der Waals surface area contributed by atoms with Crippen molar-refractivity contribution in [3.8, 4) is 11.5 Å². The Morgan fingerprint density at radius 1 is 1.04 bits per heavy atom. The number of rotatable bonds is 3. The lowest BCUT2D eigenvalue weighted by Crippen LogP contribution is -3.00. The molecule has 0 N–H and O–H groups in total. The maximum Gasteiger partial charge on any atom is 0.212 e. The first kappa shape index (κ1) is 19.8. The van der Waals surface area contributed by atoms with Gasteiger partial charge in [-0.05, 0) is 17.7 Å². The van der Waals surface area contributed by atoms with Crippen molar-refractivity contribution < 1.29 is 38.0 Å². The third-order valence-electron chi connectivity index (χ3n) is 4.72. The normalized spacial score (nSPS) is 14.2. The average Bonchev–Trinajstić information content (AvgIpc) is 2.98. The van der Waals surface area contributed by atoms with E-state index in [4.69, 9.17) is 9.47 Å². The van der Waals surface area contributed by atoms with E-state index in [2.05, 4.69) is 66.2 Å². The fourth-order valence-corrected chi connectivity index (χ4v) is 4.38. The van der Waals surface area contributed by atoms with E-state index in [1.54, 1.807) is 26.0 Å². The van der Waals surface area contributed by atoms with E-state index in [1.165, 1.54) is 26.4 Å². The summed E-state index contributed by atoms with van der Waals surface area (Å²) >= 11 is 1.75. The molecule has 6 heteroatoms. The highest BCUT2D eigenvalue weighted by Gasteiger charge is 2.25. The predicted octanol–water partition coefficient (Wildman–Crippen LogP) is 1.23. The Bertz CT molecular complexity index is 1040. The van der Waals surface area contributed by atoms with Crippen LogP contribution in [0.5, 0.6) is 11.5 Å². The number of hydrogen-bond donors (Lipinski definition) is 0. The zero-order chi connectivity index (χ0) is 18.3. The lowest BCUT2D eigenvalue weighted by molar-refractivity contribution is -0.644. The van der Waals surface area contributed by atoms with Gasteiger partial charge in [-0.3, -0.25) is 0 Å². The molecule has 2 aromatic carbocycles. The maximum atomic E-state index is 5.45. The monoisotopic (exact) mass is 492 g/mol. The van der Waals surface area contributed by atoms with E-state index in [0.29, 0.717) is 0 Å². The van der Waals surface area contributed by atoms with Crippen LogP contribution in [-0.4, -0.2) is 21.3 Å². The van der Waals surface area contributed by atoms with Gasteiger partial charge in [0.05, 0.1) is 30.3 Å². The van der Waals surface area contributed by atoms with Gasteiger partial charge in [0.15, 0.2) is 17.7 Å². The molecule has 4 nitrogen and oxygen atoms in total. The van der Waals surface area contributed by atoms with E-state index >= 15 is 0 Å². The molecule has 0 saturated heterocycles. The van der Waals surface area contributed by atoms with Gasteiger partial charge in [-0.1, -0.05) is 23.9 Å². The van der Waals surface area contributed by atoms with Gasteiger partial charge in [0.2, 0.25) is 5.52 Å². The van der Waals surface area contributed by atoms with Gasteiger partial charge >= 0.3 is 0 Å². The second-order valence-corrected chi connectivity index (χ2v) is 7.28. The number of pyridine rings is 1. The number of anilines is 1. The van der Waals surface area contributed by atoms with Crippen LogP contribution in [0, 0.1) is 0 Å². The first-order valence-electron chi connectivity index (χ1n) is 8.39. The summed E-state index contributed by atoms with van der Waals surface area (Å²) in [5.74, 6) is 1.50. The van der Waals surface area contributed by atoms with Gasteiger partial charge in [0.1, 0.15) is 7.05 Å². The third-order valence-corrected chi connectivity index (χ3v) is 5.87. The number of halogens is 1. The molecule has 1 aliphatic rings. The number of para-hydroxylation sites is 1. The third kappa shape index (κ3) is 3.48. The van der Waals surface area contributed by atoms with Gasteiger partial charge in [-0.2, -0.15) is 0 Å². The Hall–Kier alpha value is -1.93. The minimum Gasteiger partial charge on any atom is -1.00 e. The standard InChI is InChI=1S/C21H21N2O2S.HI/c1-22-10-9-14(15-7-5-6-8-16(15)22)11-21-23(2)17-12-18(24-3)19(25-4)13-20(17)26-21;/h5-13H,1-4H3;1H/q+1;/p-1. The van der Waals surface area contributed by atoms with Crippen LogP contribution < -0.4 is 42.9 Å². The number of thioether (sulfide) groups is 1. The zero-order valence-corrected chi connectivity index (χ0v) is 18.7. The molecule has 0 spiro atoms. The van der Waals surface area contributed by atoms with Crippen molar-refractivity contribution >= 4 is 34.4 Å². The maximum absolute atomic E-state index is 5.45. The van der Waals surface area contributed by atoms with Gasteiger partial charge in [0.25, 0.3) is 0 Å². The van der Waals surface area contributed by atoms with Crippen LogP contribution in [0.15, 0.2) is 58.6 Å². The Labute approximate surface area is 180 Å². The number of methoxy groups -OCH3 is 2.